The number of nitrogens with one attached hydrogen (secondary N) is 1. The lowest BCUT2D eigenvalue weighted by Gasteiger charge is -2.38. The minimum atomic E-state index is -0.0995. The van der Waals surface area contributed by atoms with Crippen molar-refractivity contribution in [1.82, 2.24) is 14.7 Å². The topological polar surface area (TPSA) is 42.1 Å². The number of amides is 1. The van der Waals surface area contributed by atoms with Crippen LogP contribution < -0.4 is 10.2 Å². The first kappa shape index (κ1) is 23.5. The Kier molecular flexibility index (Phi) is 8.08. The second-order valence-corrected chi connectivity index (χ2v) is 10.2. The number of anilines is 2. The molecule has 6 heteroatoms. The number of nitrogens with zero attached hydrogens (tertiary/aromatic N) is 4. The van der Waals surface area contributed by atoms with E-state index in [2.05, 4.69) is 50.9 Å². The van der Waals surface area contributed by atoms with Crippen molar-refractivity contribution in [3.8, 4) is 0 Å². The average molecular weight is 442 g/mol. The molecule has 0 aliphatic carbocycles. The zero-order valence-electron chi connectivity index (χ0n) is 20.4. The molecular formula is C26H43N5O. The molecule has 3 heterocycles. The van der Waals surface area contributed by atoms with E-state index in [1.165, 1.54) is 44.3 Å². The summed E-state index contributed by atoms with van der Waals surface area (Å²) >= 11 is 0. The van der Waals surface area contributed by atoms with Crippen molar-refractivity contribution in [3.05, 3.63) is 24.3 Å². The Morgan fingerprint density at radius 2 is 1.53 bits per heavy atom. The highest BCUT2D eigenvalue weighted by atomic mass is 16.2. The number of piperidine rings is 1. The second-order valence-electron chi connectivity index (χ2n) is 10.2. The quantitative estimate of drug-likeness (QED) is 0.702. The standard InChI is InChI=1S/C26H43N5O/c1-21-7-8-22(2)31(21)20-17-28-15-18-29(19-16-28)23(3)26(32)27-24-9-11-25(12-10-24)30-13-5-4-6-14-30/h9-12,21-23H,4-8,13-20H2,1-3H3,(H,27,32). The summed E-state index contributed by atoms with van der Waals surface area (Å²) < 4.78 is 0. The van der Waals surface area contributed by atoms with Crippen molar-refractivity contribution in [3.63, 3.8) is 0 Å². The van der Waals surface area contributed by atoms with Crippen LogP contribution in [-0.2, 0) is 4.79 Å². The van der Waals surface area contributed by atoms with Gasteiger partial charge in [-0.2, -0.15) is 0 Å². The summed E-state index contributed by atoms with van der Waals surface area (Å²) in [5.41, 5.74) is 2.17. The Morgan fingerprint density at radius 1 is 0.906 bits per heavy atom. The van der Waals surface area contributed by atoms with E-state index in [1.807, 2.05) is 19.1 Å². The Hall–Kier alpha value is -1.63. The molecule has 3 fully saturated rings. The van der Waals surface area contributed by atoms with Gasteiger partial charge >= 0.3 is 0 Å². The van der Waals surface area contributed by atoms with E-state index in [4.69, 9.17) is 0 Å². The van der Waals surface area contributed by atoms with Crippen LogP contribution in [0, 0.1) is 0 Å². The van der Waals surface area contributed by atoms with Crippen LogP contribution in [0.4, 0.5) is 11.4 Å². The van der Waals surface area contributed by atoms with Crippen LogP contribution in [0.2, 0.25) is 0 Å². The van der Waals surface area contributed by atoms with E-state index < -0.39 is 0 Å². The summed E-state index contributed by atoms with van der Waals surface area (Å²) in [7, 11) is 0. The molecule has 1 N–H and O–H groups in total. The Labute approximate surface area is 194 Å². The average Bonchev–Trinajstić information content (AvgIpc) is 3.15. The first-order valence-electron chi connectivity index (χ1n) is 12.9. The maximum atomic E-state index is 12.9. The predicted octanol–water partition coefficient (Wildman–Crippen LogP) is 3.49. The lowest BCUT2D eigenvalue weighted by atomic mass is 10.1. The van der Waals surface area contributed by atoms with Gasteiger partial charge in [0.1, 0.15) is 0 Å². The van der Waals surface area contributed by atoms with Gasteiger partial charge in [-0.15, -0.1) is 0 Å². The molecule has 6 nitrogen and oxygen atoms in total. The van der Waals surface area contributed by atoms with Gasteiger partial charge in [-0.3, -0.25) is 19.5 Å². The van der Waals surface area contributed by atoms with Crippen molar-refractivity contribution >= 4 is 17.3 Å². The highest BCUT2D eigenvalue weighted by Crippen LogP contribution is 2.24. The molecule has 3 unspecified atom stereocenters. The molecule has 1 amide bonds. The van der Waals surface area contributed by atoms with Gasteiger partial charge in [0, 0.05) is 75.8 Å². The fraction of sp³-hybridized carbons (Fsp3) is 0.731. The molecule has 4 rings (SSSR count). The van der Waals surface area contributed by atoms with Crippen LogP contribution in [0.1, 0.15) is 52.9 Å². The summed E-state index contributed by atoms with van der Waals surface area (Å²) in [6.07, 6.45) is 6.57. The van der Waals surface area contributed by atoms with Crippen molar-refractivity contribution < 1.29 is 4.79 Å². The third-order valence-corrected chi connectivity index (χ3v) is 8.00. The number of benzene rings is 1. The van der Waals surface area contributed by atoms with Crippen molar-refractivity contribution in [1.29, 1.82) is 0 Å². The minimum absolute atomic E-state index is 0.0995. The number of hydrogen-bond acceptors (Lipinski definition) is 5. The summed E-state index contributed by atoms with van der Waals surface area (Å²) in [6.45, 7) is 15.4. The maximum Gasteiger partial charge on any atom is 0.241 e. The fourth-order valence-corrected chi connectivity index (χ4v) is 5.64. The summed E-state index contributed by atoms with van der Waals surface area (Å²) in [5, 5.41) is 3.13. The molecule has 0 saturated carbocycles. The lowest BCUT2D eigenvalue weighted by Crippen LogP contribution is -2.54. The summed E-state index contributed by atoms with van der Waals surface area (Å²) in [5.74, 6) is 0.101. The van der Waals surface area contributed by atoms with E-state index in [1.54, 1.807) is 0 Å². The maximum absolute atomic E-state index is 12.9. The van der Waals surface area contributed by atoms with E-state index in [-0.39, 0.29) is 11.9 Å². The SMILES string of the molecule is CC(C(=O)Nc1ccc(N2CCCCC2)cc1)N1CCN(CCN2C(C)CCC2C)CC1. The highest BCUT2D eigenvalue weighted by Gasteiger charge is 2.29. The van der Waals surface area contributed by atoms with Gasteiger partial charge < -0.3 is 10.2 Å². The van der Waals surface area contributed by atoms with Crippen molar-refractivity contribution in [2.75, 3.05) is 62.6 Å². The van der Waals surface area contributed by atoms with Gasteiger partial charge in [0.2, 0.25) is 5.91 Å². The molecule has 0 aromatic heterocycles. The van der Waals surface area contributed by atoms with Gasteiger partial charge in [-0.1, -0.05) is 0 Å². The Bertz CT molecular complexity index is 714. The normalized spacial score (nSPS) is 26.9. The van der Waals surface area contributed by atoms with Crippen LogP contribution in [0.3, 0.4) is 0 Å². The van der Waals surface area contributed by atoms with Crippen LogP contribution >= 0.6 is 0 Å². The molecule has 32 heavy (non-hydrogen) atoms. The summed E-state index contributed by atoms with van der Waals surface area (Å²) in [4.78, 5) is 22.9. The van der Waals surface area contributed by atoms with E-state index in [0.29, 0.717) is 0 Å². The molecule has 3 saturated heterocycles. The monoisotopic (exact) mass is 441 g/mol. The zero-order valence-corrected chi connectivity index (χ0v) is 20.4. The molecule has 178 valence electrons. The van der Waals surface area contributed by atoms with Crippen LogP contribution in [-0.4, -0.2) is 91.1 Å². The number of hydrogen-bond donors (Lipinski definition) is 1. The number of rotatable bonds is 7. The molecule has 1 aromatic rings. The molecule has 3 atom stereocenters. The third-order valence-electron chi connectivity index (χ3n) is 8.00. The van der Waals surface area contributed by atoms with Gasteiger partial charge in [0.25, 0.3) is 0 Å². The molecule has 0 spiro atoms. The Morgan fingerprint density at radius 3 is 2.16 bits per heavy atom. The third kappa shape index (κ3) is 5.83. The summed E-state index contributed by atoms with van der Waals surface area (Å²) in [6, 6.07) is 9.74. The molecular weight excluding hydrogens is 398 g/mol. The van der Waals surface area contributed by atoms with Gasteiger partial charge in [-0.05, 0) is 77.1 Å². The number of carbonyl (C=O) groups is 1. The first-order chi connectivity index (χ1) is 15.5. The van der Waals surface area contributed by atoms with Crippen LogP contribution in [0.15, 0.2) is 24.3 Å². The van der Waals surface area contributed by atoms with E-state index in [9.17, 15) is 4.79 Å². The van der Waals surface area contributed by atoms with Gasteiger partial charge in [0.15, 0.2) is 0 Å². The molecule has 0 radical (unpaired) electrons. The van der Waals surface area contributed by atoms with Crippen LogP contribution in [0.25, 0.3) is 0 Å². The zero-order chi connectivity index (χ0) is 22.5. The van der Waals surface area contributed by atoms with Crippen LogP contribution in [0.5, 0.6) is 0 Å². The fourth-order valence-electron chi connectivity index (χ4n) is 5.64. The van der Waals surface area contributed by atoms with Crippen molar-refractivity contribution in [2.24, 2.45) is 0 Å². The van der Waals surface area contributed by atoms with Gasteiger partial charge in [-0.25, -0.2) is 0 Å². The number of piperazine rings is 1. The number of carbonyl (C=O) groups excluding carboxylic acids is 1. The highest BCUT2D eigenvalue weighted by molar-refractivity contribution is 5.94. The smallest absolute Gasteiger partial charge is 0.241 e. The Balaban J connectivity index is 1.20. The van der Waals surface area contributed by atoms with E-state index >= 15 is 0 Å². The second kappa shape index (κ2) is 11.0. The molecule has 3 aliphatic rings. The lowest BCUT2D eigenvalue weighted by molar-refractivity contribution is -0.121. The molecule has 0 bridgehead atoms. The van der Waals surface area contributed by atoms with Gasteiger partial charge in [0.05, 0.1) is 6.04 Å². The van der Waals surface area contributed by atoms with E-state index in [0.717, 1.165) is 63.6 Å². The predicted molar refractivity (Wildman–Crippen MR) is 133 cm³/mol. The molecule has 1 aromatic carbocycles. The first-order valence-corrected chi connectivity index (χ1v) is 12.9. The molecule has 3 aliphatic heterocycles. The number of likely N-dealkylation sites (tertiary alicyclic amines) is 1. The largest absolute Gasteiger partial charge is 0.372 e. The van der Waals surface area contributed by atoms with Crippen molar-refractivity contribution in [2.45, 2.75) is 71.0 Å². The minimum Gasteiger partial charge on any atom is -0.372 e.